The zero-order valence-corrected chi connectivity index (χ0v) is 14.5. The van der Waals surface area contributed by atoms with Crippen molar-refractivity contribution in [1.29, 1.82) is 0 Å². The first-order chi connectivity index (χ1) is 12.1. The van der Waals surface area contributed by atoms with Gasteiger partial charge in [0.25, 0.3) is 0 Å². The van der Waals surface area contributed by atoms with Gasteiger partial charge in [0.1, 0.15) is 6.04 Å². The minimum Gasteiger partial charge on any atom is -0.472 e. The molecule has 0 saturated carbocycles. The van der Waals surface area contributed by atoms with Gasteiger partial charge >= 0.3 is 6.03 Å². The second kappa shape index (κ2) is 8.15. The molecule has 0 unspecified atom stereocenters. The van der Waals surface area contributed by atoms with Crippen LogP contribution in [-0.2, 0) is 11.3 Å². The molecule has 0 radical (unpaired) electrons. The van der Waals surface area contributed by atoms with E-state index >= 15 is 0 Å². The first kappa shape index (κ1) is 17.5. The molecule has 2 amide bonds. The summed E-state index contributed by atoms with van der Waals surface area (Å²) in [5.41, 5.74) is 0.901. The number of carbonyl (C=O) groups excluding carboxylic acids is 1. The third kappa shape index (κ3) is 4.60. The molecule has 1 atom stereocenters. The maximum absolute atomic E-state index is 12.3. The molecule has 0 bridgehead atoms. The van der Waals surface area contributed by atoms with Crippen molar-refractivity contribution in [1.82, 2.24) is 20.8 Å². The Morgan fingerprint density at radius 1 is 1.36 bits per heavy atom. The van der Waals surface area contributed by atoms with E-state index in [-0.39, 0.29) is 23.9 Å². The average molecular weight is 348 g/mol. The van der Waals surface area contributed by atoms with Gasteiger partial charge < -0.3 is 24.3 Å². The Kier molecular flexibility index (Phi) is 5.70. The minimum absolute atomic E-state index is 0.169. The molecule has 3 heterocycles. The van der Waals surface area contributed by atoms with E-state index in [1.54, 1.807) is 12.5 Å². The van der Waals surface area contributed by atoms with Crippen molar-refractivity contribution in [2.75, 3.05) is 13.2 Å². The van der Waals surface area contributed by atoms with Crippen molar-refractivity contribution in [3.63, 3.8) is 0 Å². The number of rotatable bonds is 6. The second-order valence-electron chi connectivity index (χ2n) is 6.53. The number of carbonyl (C=O) groups is 1. The van der Waals surface area contributed by atoms with Crippen LogP contribution in [-0.4, -0.2) is 29.4 Å². The van der Waals surface area contributed by atoms with Gasteiger partial charge in [-0.3, -0.25) is 0 Å². The summed E-state index contributed by atoms with van der Waals surface area (Å²) in [6, 6.07) is 1.21. The molecule has 3 rings (SSSR count). The van der Waals surface area contributed by atoms with Crippen LogP contribution in [0.4, 0.5) is 4.79 Å². The van der Waals surface area contributed by atoms with E-state index in [1.165, 1.54) is 0 Å². The molecule has 25 heavy (non-hydrogen) atoms. The number of hydrogen-bond donors (Lipinski definition) is 2. The Hall–Kier alpha value is -2.35. The lowest BCUT2D eigenvalue weighted by molar-refractivity contribution is 0.0503. The van der Waals surface area contributed by atoms with Gasteiger partial charge in [0.2, 0.25) is 5.89 Å². The molecule has 1 saturated heterocycles. The van der Waals surface area contributed by atoms with E-state index in [0.29, 0.717) is 31.5 Å². The summed E-state index contributed by atoms with van der Waals surface area (Å²) in [5.74, 6) is 1.47. The number of nitrogens with one attached hydrogen (secondary N) is 2. The molecule has 136 valence electrons. The molecule has 1 aliphatic rings. The Morgan fingerprint density at radius 3 is 2.80 bits per heavy atom. The van der Waals surface area contributed by atoms with Gasteiger partial charge in [-0.05, 0) is 24.8 Å². The Labute approximate surface area is 146 Å². The SMILES string of the molecule is CC(C)c1noc([C@H](NC(=O)NCc2ccoc2)C2CCOCC2)n1. The number of amides is 2. The van der Waals surface area contributed by atoms with Gasteiger partial charge in [-0.1, -0.05) is 19.0 Å². The fourth-order valence-electron chi connectivity index (χ4n) is 2.81. The Bertz CT molecular complexity index is 662. The number of nitrogens with zero attached hydrogens (tertiary/aromatic N) is 2. The predicted octanol–water partition coefficient (Wildman–Crippen LogP) is 2.75. The Morgan fingerprint density at radius 2 is 2.16 bits per heavy atom. The number of furan rings is 1. The molecule has 2 N–H and O–H groups in total. The van der Waals surface area contributed by atoms with Crippen molar-refractivity contribution in [2.45, 2.75) is 45.2 Å². The van der Waals surface area contributed by atoms with Gasteiger partial charge in [0.15, 0.2) is 5.82 Å². The molecule has 1 aliphatic heterocycles. The summed E-state index contributed by atoms with van der Waals surface area (Å²) in [6.07, 6.45) is 4.85. The molecule has 2 aromatic rings. The van der Waals surface area contributed by atoms with Crippen LogP contribution in [0.1, 0.15) is 55.9 Å². The van der Waals surface area contributed by atoms with Crippen molar-refractivity contribution in [2.24, 2.45) is 5.92 Å². The smallest absolute Gasteiger partial charge is 0.315 e. The number of urea groups is 1. The van der Waals surface area contributed by atoms with Gasteiger partial charge in [-0.2, -0.15) is 4.98 Å². The number of aromatic nitrogens is 2. The fraction of sp³-hybridized carbons (Fsp3) is 0.588. The topological polar surface area (TPSA) is 102 Å². The highest BCUT2D eigenvalue weighted by atomic mass is 16.5. The van der Waals surface area contributed by atoms with Gasteiger partial charge in [-0.15, -0.1) is 0 Å². The molecule has 8 heteroatoms. The zero-order chi connectivity index (χ0) is 17.6. The molecule has 8 nitrogen and oxygen atoms in total. The lowest BCUT2D eigenvalue weighted by Gasteiger charge is -2.28. The normalized spacial score (nSPS) is 16.8. The van der Waals surface area contributed by atoms with Crippen molar-refractivity contribution >= 4 is 6.03 Å². The zero-order valence-electron chi connectivity index (χ0n) is 14.5. The highest BCUT2D eigenvalue weighted by molar-refractivity contribution is 5.74. The van der Waals surface area contributed by atoms with Crippen LogP contribution in [0.5, 0.6) is 0 Å². The lowest BCUT2D eigenvalue weighted by atomic mass is 9.91. The summed E-state index contributed by atoms with van der Waals surface area (Å²) in [4.78, 5) is 16.8. The highest BCUT2D eigenvalue weighted by Crippen LogP contribution is 2.29. The van der Waals surface area contributed by atoms with E-state index < -0.39 is 0 Å². The maximum Gasteiger partial charge on any atom is 0.315 e. The molecule has 2 aromatic heterocycles. The summed E-state index contributed by atoms with van der Waals surface area (Å²) in [6.45, 7) is 5.74. The van der Waals surface area contributed by atoms with Crippen LogP contribution >= 0.6 is 0 Å². The second-order valence-corrected chi connectivity index (χ2v) is 6.53. The third-order valence-corrected chi connectivity index (χ3v) is 4.30. The third-order valence-electron chi connectivity index (χ3n) is 4.30. The molecule has 1 fully saturated rings. The first-order valence-electron chi connectivity index (χ1n) is 8.60. The Balaban J connectivity index is 1.67. The van der Waals surface area contributed by atoms with Crippen LogP contribution in [0, 0.1) is 5.92 Å². The largest absolute Gasteiger partial charge is 0.472 e. The van der Waals surface area contributed by atoms with Gasteiger partial charge in [0.05, 0.1) is 12.5 Å². The van der Waals surface area contributed by atoms with Crippen molar-refractivity contribution < 1.29 is 18.5 Å². The highest BCUT2D eigenvalue weighted by Gasteiger charge is 2.31. The summed E-state index contributed by atoms with van der Waals surface area (Å²) < 4.78 is 15.9. The van der Waals surface area contributed by atoms with Gasteiger partial charge in [-0.25, -0.2) is 4.79 Å². The molecular weight excluding hydrogens is 324 g/mol. The predicted molar refractivity (Wildman–Crippen MR) is 88.8 cm³/mol. The van der Waals surface area contributed by atoms with Crippen LogP contribution < -0.4 is 10.6 Å². The van der Waals surface area contributed by atoms with E-state index in [0.717, 1.165) is 18.4 Å². The van der Waals surface area contributed by atoms with Crippen molar-refractivity contribution in [3.05, 3.63) is 35.9 Å². The number of ether oxygens (including phenoxy) is 1. The van der Waals surface area contributed by atoms with Crippen LogP contribution in [0.2, 0.25) is 0 Å². The van der Waals surface area contributed by atoms with Gasteiger partial charge in [0, 0.05) is 31.2 Å². The van der Waals surface area contributed by atoms with Crippen molar-refractivity contribution in [3.8, 4) is 0 Å². The molecule has 0 aromatic carbocycles. The number of hydrogen-bond acceptors (Lipinski definition) is 6. The first-order valence-corrected chi connectivity index (χ1v) is 8.60. The van der Waals surface area contributed by atoms with E-state index in [4.69, 9.17) is 13.7 Å². The van der Waals surface area contributed by atoms with E-state index in [9.17, 15) is 4.79 Å². The molecule has 0 aliphatic carbocycles. The molecule has 0 spiro atoms. The van der Waals surface area contributed by atoms with Crippen LogP contribution in [0.3, 0.4) is 0 Å². The maximum atomic E-state index is 12.3. The summed E-state index contributed by atoms with van der Waals surface area (Å²) >= 11 is 0. The lowest BCUT2D eigenvalue weighted by Crippen LogP contribution is -2.41. The standard InChI is InChI=1S/C17H24N4O4/c1-11(2)15-20-16(25-21-15)14(13-4-7-23-8-5-13)19-17(22)18-9-12-3-6-24-10-12/h3,6,10-11,13-14H,4-5,7-9H2,1-2H3,(H2,18,19,22)/t14-/m1/s1. The minimum atomic E-state index is -0.326. The molecular formula is C17H24N4O4. The van der Waals surface area contributed by atoms with Crippen LogP contribution in [0.25, 0.3) is 0 Å². The van der Waals surface area contributed by atoms with Crippen LogP contribution in [0.15, 0.2) is 27.5 Å². The quantitative estimate of drug-likeness (QED) is 0.832. The monoisotopic (exact) mass is 348 g/mol. The van der Waals surface area contributed by atoms with E-state index in [1.807, 2.05) is 19.9 Å². The summed E-state index contributed by atoms with van der Waals surface area (Å²) in [7, 11) is 0. The van der Waals surface area contributed by atoms with E-state index in [2.05, 4.69) is 20.8 Å². The average Bonchev–Trinajstić information content (AvgIpc) is 3.30. The fourth-order valence-corrected chi connectivity index (χ4v) is 2.81. The summed E-state index contributed by atoms with van der Waals surface area (Å²) in [5, 5.41) is 9.83.